The van der Waals surface area contributed by atoms with Crippen molar-refractivity contribution in [2.75, 3.05) is 0 Å². The number of phenolic OH excluding ortho intramolecular Hbond substituents is 1. The number of aromatic hydroxyl groups is 1. The van der Waals surface area contributed by atoms with Gasteiger partial charge in [-0.2, -0.15) is 0 Å². The predicted octanol–water partition coefficient (Wildman–Crippen LogP) is 3.86. The van der Waals surface area contributed by atoms with Crippen LogP contribution in [0.3, 0.4) is 0 Å². The van der Waals surface area contributed by atoms with E-state index in [1.165, 1.54) is 0 Å². The Hall–Kier alpha value is -1.81. The number of hydrogen-bond acceptors (Lipinski definition) is 3. The Bertz CT molecular complexity index is 652. The van der Waals surface area contributed by atoms with E-state index in [0.717, 1.165) is 4.47 Å². The third-order valence-electron chi connectivity index (χ3n) is 3.16. The summed E-state index contributed by atoms with van der Waals surface area (Å²) in [6.07, 6.45) is -0.207. The summed E-state index contributed by atoms with van der Waals surface area (Å²) >= 11 is 3.36. The first-order valence-corrected chi connectivity index (χ1v) is 6.72. The summed E-state index contributed by atoms with van der Waals surface area (Å²) in [7, 11) is 0. The molecule has 0 aliphatic carbocycles. The van der Waals surface area contributed by atoms with Crippen molar-refractivity contribution in [3.8, 4) is 11.5 Å². The summed E-state index contributed by atoms with van der Waals surface area (Å²) in [5, 5.41) is 9.91. The van der Waals surface area contributed by atoms with E-state index in [1.54, 1.807) is 30.3 Å². The number of benzene rings is 2. The number of halogens is 1. The highest BCUT2D eigenvalue weighted by Crippen LogP contribution is 2.38. The number of carbonyl (C=O) groups excluding carboxylic acids is 1. The number of ether oxygens (including phenoxy) is 1. The van der Waals surface area contributed by atoms with Gasteiger partial charge in [-0.3, -0.25) is 4.79 Å². The Morgan fingerprint density at radius 2 is 2.00 bits per heavy atom. The molecule has 0 bridgehead atoms. The highest BCUT2D eigenvalue weighted by molar-refractivity contribution is 9.10. The molecule has 1 aliphatic rings. The molecular weight excluding hydrogens is 308 g/mol. The van der Waals surface area contributed by atoms with Gasteiger partial charge in [0.25, 0.3) is 0 Å². The number of ketones is 1. The van der Waals surface area contributed by atoms with Crippen LogP contribution in [-0.4, -0.2) is 10.9 Å². The van der Waals surface area contributed by atoms with Crippen LogP contribution in [0.25, 0.3) is 0 Å². The fourth-order valence-corrected chi connectivity index (χ4v) is 2.61. The van der Waals surface area contributed by atoms with Crippen molar-refractivity contribution in [2.45, 2.75) is 12.5 Å². The molecule has 1 N–H and O–H groups in total. The summed E-state index contributed by atoms with van der Waals surface area (Å²) in [6.45, 7) is 0. The van der Waals surface area contributed by atoms with E-state index in [0.29, 0.717) is 16.9 Å². The first kappa shape index (κ1) is 12.2. The monoisotopic (exact) mass is 318 g/mol. The standard InChI is InChI=1S/C15H11BrO3/c16-9-5-6-12(17)11(7-9)15-8-13(18)10-3-1-2-4-14(10)19-15/h1-7,15,17H,8H2. The van der Waals surface area contributed by atoms with E-state index < -0.39 is 6.10 Å². The fraction of sp³-hybridized carbons (Fsp3) is 0.133. The van der Waals surface area contributed by atoms with Crippen molar-refractivity contribution in [1.29, 1.82) is 0 Å². The predicted molar refractivity (Wildman–Crippen MR) is 74.6 cm³/mol. The van der Waals surface area contributed by atoms with Gasteiger partial charge >= 0.3 is 0 Å². The van der Waals surface area contributed by atoms with E-state index in [-0.39, 0.29) is 18.0 Å². The van der Waals surface area contributed by atoms with Gasteiger partial charge in [0.05, 0.1) is 12.0 Å². The summed E-state index contributed by atoms with van der Waals surface area (Å²) in [4.78, 5) is 12.1. The number of Topliss-reactive ketones (excluding diaryl/α,β-unsaturated/α-hetero) is 1. The van der Waals surface area contributed by atoms with Crippen LogP contribution in [0.2, 0.25) is 0 Å². The van der Waals surface area contributed by atoms with Gasteiger partial charge in [-0.1, -0.05) is 28.1 Å². The molecule has 0 aromatic heterocycles. The number of fused-ring (bicyclic) bond motifs is 1. The quantitative estimate of drug-likeness (QED) is 0.868. The molecule has 19 heavy (non-hydrogen) atoms. The molecule has 0 saturated heterocycles. The molecule has 0 saturated carbocycles. The lowest BCUT2D eigenvalue weighted by Gasteiger charge is -2.26. The Kier molecular flexibility index (Phi) is 3.03. The summed E-state index contributed by atoms with van der Waals surface area (Å²) in [5.74, 6) is 0.745. The summed E-state index contributed by atoms with van der Waals surface area (Å²) in [5.41, 5.74) is 1.23. The number of para-hydroxylation sites is 1. The number of hydrogen-bond donors (Lipinski definition) is 1. The molecule has 0 radical (unpaired) electrons. The first-order valence-electron chi connectivity index (χ1n) is 5.92. The van der Waals surface area contributed by atoms with Gasteiger partial charge in [0.2, 0.25) is 0 Å². The smallest absolute Gasteiger partial charge is 0.170 e. The average Bonchev–Trinajstić information content (AvgIpc) is 2.41. The Morgan fingerprint density at radius 3 is 2.84 bits per heavy atom. The largest absolute Gasteiger partial charge is 0.508 e. The minimum atomic E-state index is -0.445. The molecular formula is C15H11BrO3. The van der Waals surface area contributed by atoms with E-state index in [1.807, 2.05) is 12.1 Å². The molecule has 2 aromatic carbocycles. The molecule has 96 valence electrons. The summed E-state index contributed by atoms with van der Waals surface area (Å²) < 4.78 is 6.67. The first-order chi connectivity index (χ1) is 9.15. The summed E-state index contributed by atoms with van der Waals surface area (Å²) in [6, 6.07) is 12.3. The molecule has 1 atom stereocenters. The molecule has 3 nitrogen and oxygen atoms in total. The van der Waals surface area contributed by atoms with Crippen LogP contribution in [0, 0.1) is 0 Å². The van der Waals surface area contributed by atoms with Gasteiger partial charge in [-0.25, -0.2) is 0 Å². The lowest BCUT2D eigenvalue weighted by molar-refractivity contribution is 0.0847. The van der Waals surface area contributed by atoms with Gasteiger partial charge in [-0.05, 0) is 30.3 Å². The molecule has 1 unspecified atom stereocenters. The maximum Gasteiger partial charge on any atom is 0.170 e. The molecule has 4 heteroatoms. The van der Waals surface area contributed by atoms with Gasteiger partial charge in [0, 0.05) is 10.0 Å². The Labute approximate surface area is 119 Å². The molecule has 1 aliphatic heterocycles. The Balaban J connectivity index is 2.01. The highest BCUT2D eigenvalue weighted by atomic mass is 79.9. The van der Waals surface area contributed by atoms with Gasteiger partial charge in [0.15, 0.2) is 5.78 Å². The van der Waals surface area contributed by atoms with E-state index >= 15 is 0 Å². The molecule has 2 aromatic rings. The van der Waals surface area contributed by atoms with Crippen LogP contribution in [-0.2, 0) is 0 Å². The molecule has 0 amide bonds. The topological polar surface area (TPSA) is 46.5 Å². The van der Waals surface area contributed by atoms with Gasteiger partial charge in [-0.15, -0.1) is 0 Å². The molecule has 0 spiro atoms. The lowest BCUT2D eigenvalue weighted by atomic mass is 9.96. The zero-order valence-corrected chi connectivity index (χ0v) is 11.6. The molecule has 1 heterocycles. The third kappa shape index (κ3) is 2.24. The minimum absolute atomic E-state index is 0.0335. The fourth-order valence-electron chi connectivity index (χ4n) is 2.23. The average molecular weight is 319 g/mol. The van der Waals surface area contributed by atoms with Gasteiger partial charge in [0.1, 0.15) is 17.6 Å². The van der Waals surface area contributed by atoms with Crippen molar-refractivity contribution >= 4 is 21.7 Å². The maximum absolute atomic E-state index is 12.1. The minimum Gasteiger partial charge on any atom is -0.508 e. The van der Waals surface area contributed by atoms with E-state index in [2.05, 4.69) is 15.9 Å². The van der Waals surface area contributed by atoms with Crippen molar-refractivity contribution < 1.29 is 14.6 Å². The zero-order valence-electron chi connectivity index (χ0n) is 9.97. The third-order valence-corrected chi connectivity index (χ3v) is 3.66. The van der Waals surface area contributed by atoms with Crippen molar-refractivity contribution in [1.82, 2.24) is 0 Å². The normalized spacial score (nSPS) is 17.7. The van der Waals surface area contributed by atoms with Gasteiger partial charge < -0.3 is 9.84 Å². The number of rotatable bonds is 1. The van der Waals surface area contributed by atoms with Crippen LogP contribution in [0.4, 0.5) is 0 Å². The van der Waals surface area contributed by atoms with E-state index in [9.17, 15) is 9.90 Å². The second-order valence-electron chi connectivity index (χ2n) is 4.43. The zero-order chi connectivity index (χ0) is 13.4. The van der Waals surface area contributed by atoms with Crippen molar-refractivity contribution in [3.05, 3.63) is 58.1 Å². The lowest BCUT2D eigenvalue weighted by Crippen LogP contribution is -2.20. The van der Waals surface area contributed by atoms with Crippen molar-refractivity contribution in [3.63, 3.8) is 0 Å². The van der Waals surface area contributed by atoms with Crippen LogP contribution in [0.5, 0.6) is 11.5 Å². The second kappa shape index (κ2) is 4.70. The Morgan fingerprint density at radius 1 is 1.21 bits per heavy atom. The highest BCUT2D eigenvalue weighted by Gasteiger charge is 2.28. The van der Waals surface area contributed by atoms with E-state index in [4.69, 9.17) is 4.74 Å². The van der Waals surface area contributed by atoms with Crippen LogP contribution < -0.4 is 4.74 Å². The van der Waals surface area contributed by atoms with Crippen molar-refractivity contribution in [2.24, 2.45) is 0 Å². The van der Waals surface area contributed by atoms with Crippen LogP contribution in [0.15, 0.2) is 46.9 Å². The SMILES string of the molecule is O=C1CC(c2cc(Br)ccc2O)Oc2ccccc21. The second-order valence-corrected chi connectivity index (χ2v) is 5.35. The molecule has 3 rings (SSSR count). The maximum atomic E-state index is 12.1. The van der Waals surface area contributed by atoms with Crippen LogP contribution >= 0.6 is 15.9 Å². The molecule has 0 fully saturated rings. The number of phenols is 1. The number of carbonyl (C=O) groups is 1. The van der Waals surface area contributed by atoms with Crippen LogP contribution in [0.1, 0.15) is 28.4 Å².